The van der Waals surface area contributed by atoms with Crippen LogP contribution in [0.1, 0.15) is 39.0 Å². The number of hydrogen-bond donors (Lipinski definition) is 0. The lowest BCUT2D eigenvalue weighted by molar-refractivity contribution is -0.135. The van der Waals surface area contributed by atoms with E-state index in [1.807, 2.05) is 46.2 Å². The van der Waals surface area contributed by atoms with E-state index in [1.165, 1.54) is 5.56 Å². The van der Waals surface area contributed by atoms with Gasteiger partial charge in [-0.3, -0.25) is 9.59 Å². The van der Waals surface area contributed by atoms with Gasteiger partial charge in [-0.2, -0.15) is 0 Å². The number of rotatable bonds is 4. The molecule has 1 saturated heterocycles. The fourth-order valence-electron chi connectivity index (χ4n) is 6.01. The second kappa shape index (κ2) is 9.42. The van der Waals surface area contributed by atoms with Crippen molar-refractivity contribution < 1.29 is 19.1 Å². The van der Waals surface area contributed by atoms with Gasteiger partial charge in [-0.05, 0) is 47.4 Å². The molecule has 0 N–H and O–H groups in total. The van der Waals surface area contributed by atoms with E-state index < -0.39 is 5.92 Å². The predicted octanol–water partition coefficient (Wildman–Crippen LogP) is 3.28. The number of methoxy groups -OCH3 is 2. The Hall–Kier alpha value is -4.07. The molecule has 3 aromatic rings. The largest absolute Gasteiger partial charge is 0.493 e. The first-order chi connectivity index (χ1) is 18.1. The van der Waals surface area contributed by atoms with E-state index in [1.54, 1.807) is 26.5 Å². The SMILES string of the molecule is COc1cc2c(cc1OC)[C@@H](C(=O)N1CCN(c3ccccn3)CC1)[C@@H]1c3ccccc3CCN1C2=O. The topological polar surface area (TPSA) is 75.2 Å². The molecule has 0 spiro atoms. The van der Waals surface area contributed by atoms with Crippen molar-refractivity contribution in [2.24, 2.45) is 0 Å². The van der Waals surface area contributed by atoms with Crippen LogP contribution in [0.4, 0.5) is 5.82 Å². The Morgan fingerprint density at radius 2 is 1.62 bits per heavy atom. The number of fused-ring (bicyclic) bond motifs is 4. The van der Waals surface area contributed by atoms with Crippen molar-refractivity contribution >= 4 is 17.6 Å². The summed E-state index contributed by atoms with van der Waals surface area (Å²) >= 11 is 0. The normalized spacial score (nSPS) is 20.6. The van der Waals surface area contributed by atoms with Crippen LogP contribution in [-0.2, 0) is 11.2 Å². The Morgan fingerprint density at radius 1 is 0.892 bits per heavy atom. The standard InChI is InChI=1S/C29H30N4O4/c1-36-23-17-21-22(18-24(23)37-2)28(34)33-12-10-19-7-3-4-8-20(19)27(33)26(21)29(35)32-15-13-31(14-16-32)25-9-5-6-11-30-25/h3-9,11,17-18,26-27H,10,12-16H2,1-2H3/t26-,27+/m1/s1. The Balaban J connectivity index is 1.40. The van der Waals surface area contributed by atoms with Crippen LogP contribution in [0.25, 0.3) is 0 Å². The molecule has 0 radical (unpaired) electrons. The summed E-state index contributed by atoms with van der Waals surface area (Å²) in [5, 5.41) is 0. The quantitative estimate of drug-likeness (QED) is 0.550. The van der Waals surface area contributed by atoms with Crippen molar-refractivity contribution in [3.63, 3.8) is 0 Å². The fourth-order valence-corrected chi connectivity index (χ4v) is 6.01. The van der Waals surface area contributed by atoms with Crippen LogP contribution >= 0.6 is 0 Å². The molecule has 0 aliphatic carbocycles. The highest BCUT2D eigenvalue weighted by molar-refractivity contribution is 6.02. The number of benzene rings is 2. The summed E-state index contributed by atoms with van der Waals surface area (Å²) in [5.74, 6) is 1.36. The number of carbonyl (C=O) groups excluding carboxylic acids is 2. The molecule has 0 unspecified atom stereocenters. The summed E-state index contributed by atoms with van der Waals surface area (Å²) in [6, 6.07) is 17.3. The molecule has 1 aromatic heterocycles. The lowest BCUT2D eigenvalue weighted by Gasteiger charge is -2.47. The third kappa shape index (κ3) is 3.87. The second-order valence-corrected chi connectivity index (χ2v) is 9.66. The van der Waals surface area contributed by atoms with E-state index in [4.69, 9.17) is 9.47 Å². The minimum absolute atomic E-state index is 0.0355. The number of aromatic nitrogens is 1. The first-order valence-corrected chi connectivity index (χ1v) is 12.7. The van der Waals surface area contributed by atoms with Gasteiger partial charge in [-0.25, -0.2) is 4.98 Å². The molecule has 8 nitrogen and oxygen atoms in total. The summed E-state index contributed by atoms with van der Waals surface area (Å²) in [6.45, 7) is 3.18. The van der Waals surface area contributed by atoms with Gasteiger partial charge in [0, 0.05) is 44.5 Å². The summed E-state index contributed by atoms with van der Waals surface area (Å²) in [7, 11) is 3.13. The molecule has 3 aliphatic rings. The Kier molecular flexibility index (Phi) is 5.94. The van der Waals surface area contributed by atoms with Crippen LogP contribution < -0.4 is 14.4 Å². The van der Waals surface area contributed by atoms with Gasteiger partial charge in [-0.1, -0.05) is 30.3 Å². The smallest absolute Gasteiger partial charge is 0.254 e. The number of hydrogen-bond acceptors (Lipinski definition) is 6. The number of carbonyl (C=O) groups is 2. The van der Waals surface area contributed by atoms with Crippen molar-refractivity contribution in [1.29, 1.82) is 0 Å². The molecule has 0 saturated carbocycles. The summed E-state index contributed by atoms with van der Waals surface area (Å²) in [4.78, 5) is 38.6. The van der Waals surface area contributed by atoms with Crippen molar-refractivity contribution in [2.45, 2.75) is 18.4 Å². The minimum Gasteiger partial charge on any atom is -0.493 e. The van der Waals surface area contributed by atoms with Crippen LogP contribution in [0.3, 0.4) is 0 Å². The number of pyridine rings is 1. The van der Waals surface area contributed by atoms with Gasteiger partial charge in [-0.15, -0.1) is 0 Å². The highest BCUT2D eigenvalue weighted by atomic mass is 16.5. The maximum absolute atomic E-state index is 14.4. The molecule has 6 rings (SSSR count). The lowest BCUT2D eigenvalue weighted by Crippen LogP contribution is -2.54. The molecule has 1 fully saturated rings. The molecule has 8 heteroatoms. The summed E-state index contributed by atoms with van der Waals surface area (Å²) < 4.78 is 11.1. The fraction of sp³-hybridized carbons (Fsp3) is 0.345. The third-order valence-corrected chi connectivity index (χ3v) is 7.86. The zero-order valence-electron chi connectivity index (χ0n) is 21.1. The van der Waals surface area contributed by atoms with Crippen LogP contribution in [0, 0.1) is 0 Å². The summed E-state index contributed by atoms with van der Waals surface area (Å²) in [5.41, 5.74) is 3.46. The average Bonchev–Trinajstić information content (AvgIpc) is 2.97. The minimum atomic E-state index is -0.532. The van der Waals surface area contributed by atoms with Crippen LogP contribution in [0.5, 0.6) is 11.5 Å². The molecule has 0 bridgehead atoms. The van der Waals surface area contributed by atoms with Gasteiger partial charge < -0.3 is 24.2 Å². The van der Waals surface area contributed by atoms with E-state index in [9.17, 15) is 9.59 Å². The zero-order chi connectivity index (χ0) is 25.5. The second-order valence-electron chi connectivity index (χ2n) is 9.66. The number of nitrogens with zero attached hydrogens (tertiary/aromatic N) is 4. The van der Waals surface area contributed by atoms with Crippen molar-refractivity contribution in [3.05, 3.63) is 83.0 Å². The Labute approximate surface area is 216 Å². The molecule has 3 aliphatic heterocycles. The maximum Gasteiger partial charge on any atom is 0.254 e. The molecule has 190 valence electrons. The molecular weight excluding hydrogens is 468 g/mol. The predicted molar refractivity (Wildman–Crippen MR) is 139 cm³/mol. The van der Waals surface area contributed by atoms with Crippen molar-refractivity contribution in [1.82, 2.24) is 14.8 Å². The highest BCUT2D eigenvalue weighted by Crippen LogP contribution is 2.49. The molecule has 2 amide bonds. The average molecular weight is 499 g/mol. The van der Waals surface area contributed by atoms with Crippen LogP contribution in [0.2, 0.25) is 0 Å². The van der Waals surface area contributed by atoms with E-state index in [0.29, 0.717) is 55.3 Å². The van der Waals surface area contributed by atoms with Crippen molar-refractivity contribution in [3.8, 4) is 11.5 Å². The van der Waals surface area contributed by atoms with Gasteiger partial charge in [0.2, 0.25) is 5.91 Å². The van der Waals surface area contributed by atoms with Gasteiger partial charge in [0.05, 0.1) is 26.2 Å². The molecule has 2 aromatic carbocycles. The maximum atomic E-state index is 14.4. The zero-order valence-corrected chi connectivity index (χ0v) is 21.1. The van der Waals surface area contributed by atoms with Gasteiger partial charge >= 0.3 is 0 Å². The van der Waals surface area contributed by atoms with Gasteiger partial charge in [0.25, 0.3) is 5.91 Å². The first-order valence-electron chi connectivity index (χ1n) is 12.7. The van der Waals surface area contributed by atoms with Crippen LogP contribution in [-0.4, -0.2) is 73.5 Å². The number of piperazine rings is 1. The molecular formula is C29H30N4O4. The van der Waals surface area contributed by atoms with Gasteiger partial charge in [0.15, 0.2) is 11.5 Å². The molecule has 2 atom stereocenters. The Morgan fingerprint density at radius 3 is 2.35 bits per heavy atom. The lowest BCUT2D eigenvalue weighted by atomic mass is 9.75. The Bertz CT molecular complexity index is 1340. The van der Waals surface area contributed by atoms with Crippen LogP contribution in [0.15, 0.2) is 60.8 Å². The number of amides is 2. The van der Waals surface area contributed by atoms with E-state index in [-0.39, 0.29) is 17.9 Å². The number of ether oxygens (including phenoxy) is 2. The van der Waals surface area contributed by atoms with Crippen molar-refractivity contribution in [2.75, 3.05) is 51.8 Å². The monoisotopic (exact) mass is 498 g/mol. The molecule has 37 heavy (non-hydrogen) atoms. The summed E-state index contributed by atoms with van der Waals surface area (Å²) in [6.07, 6.45) is 2.56. The first kappa shape index (κ1) is 23.3. The third-order valence-electron chi connectivity index (χ3n) is 7.86. The van der Waals surface area contributed by atoms with Gasteiger partial charge in [0.1, 0.15) is 5.82 Å². The number of anilines is 1. The van der Waals surface area contributed by atoms with E-state index in [2.05, 4.69) is 22.0 Å². The molecule has 4 heterocycles. The van der Waals surface area contributed by atoms with E-state index in [0.717, 1.165) is 17.8 Å². The van der Waals surface area contributed by atoms with E-state index >= 15 is 0 Å². The highest BCUT2D eigenvalue weighted by Gasteiger charge is 2.48.